The molecule has 154 valence electrons. The second-order valence-electron chi connectivity index (χ2n) is 8.03. The van der Waals surface area contributed by atoms with Gasteiger partial charge >= 0.3 is 11.9 Å². The zero-order valence-corrected chi connectivity index (χ0v) is 18.3. The minimum atomic E-state index is -0.723. The summed E-state index contributed by atoms with van der Waals surface area (Å²) in [6.45, 7) is 14.7. The quantitative estimate of drug-likeness (QED) is 0.415. The fourth-order valence-corrected chi connectivity index (χ4v) is 3.13. The van der Waals surface area contributed by atoms with Crippen LogP contribution < -0.4 is 0 Å². The lowest BCUT2D eigenvalue weighted by Gasteiger charge is -2.25. The second-order valence-corrected chi connectivity index (χ2v) is 9.20. The maximum absolute atomic E-state index is 12.6. The van der Waals surface area contributed by atoms with E-state index in [1.54, 1.807) is 4.68 Å². The molecular weight excluding hydrogens is 366 g/mol. The predicted octanol–water partition coefficient (Wildman–Crippen LogP) is 3.67. The smallest absolute Gasteiger partial charge is 0.320 e. The summed E-state index contributed by atoms with van der Waals surface area (Å²) in [4.78, 5) is 29.0. The standard InChI is InChI=1S/C19H33N3O4S/c1-8-19(6,7)22-18(20-12-21-22)27-15(17(24)26-11-14(4)5)9-16(23)25-10-13(2)3/h12-15H,8-11H2,1-7H3. The number of hydrogen-bond acceptors (Lipinski definition) is 7. The van der Waals surface area contributed by atoms with Gasteiger partial charge in [0.25, 0.3) is 0 Å². The third-order valence-corrected chi connectivity index (χ3v) is 5.09. The topological polar surface area (TPSA) is 83.3 Å². The monoisotopic (exact) mass is 399 g/mol. The van der Waals surface area contributed by atoms with Crippen LogP contribution in [0.5, 0.6) is 0 Å². The molecular formula is C19H33N3O4S. The fourth-order valence-electron chi connectivity index (χ4n) is 1.99. The molecule has 0 aliphatic rings. The molecule has 1 unspecified atom stereocenters. The Bertz CT molecular complexity index is 614. The molecule has 0 aliphatic heterocycles. The van der Waals surface area contributed by atoms with Gasteiger partial charge in [0.2, 0.25) is 0 Å². The maximum Gasteiger partial charge on any atom is 0.320 e. The van der Waals surface area contributed by atoms with Crippen LogP contribution in [0, 0.1) is 11.8 Å². The molecule has 0 amide bonds. The molecule has 1 heterocycles. The molecule has 27 heavy (non-hydrogen) atoms. The summed E-state index contributed by atoms with van der Waals surface area (Å²) in [6.07, 6.45) is 2.25. The number of thioether (sulfide) groups is 1. The zero-order chi connectivity index (χ0) is 20.6. The lowest BCUT2D eigenvalue weighted by Crippen LogP contribution is -2.30. The van der Waals surface area contributed by atoms with Gasteiger partial charge in [0.05, 0.1) is 25.2 Å². The van der Waals surface area contributed by atoms with Crippen molar-refractivity contribution in [2.24, 2.45) is 11.8 Å². The summed E-state index contributed by atoms with van der Waals surface area (Å²) in [6, 6.07) is 0. The Labute approximate surface area is 166 Å². The van der Waals surface area contributed by atoms with E-state index >= 15 is 0 Å². The Morgan fingerprint density at radius 1 is 1.15 bits per heavy atom. The number of rotatable bonds is 11. The number of ether oxygens (including phenoxy) is 2. The highest BCUT2D eigenvalue weighted by atomic mass is 32.2. The number of nitrogens with zero attached hydrogens (tertiary/aromatic N) is 3. The van der Waals surface area contributed by atoms with Crippen LogP contribution in [-0.4, -0.2) is 45.2 Å². The Kier molecular flexibility index (Phi) is 9.29. The van der Waals surface area contributed by atoms with Gasteiger partial charge in [-0.2, -0.15) is 5.10 Å². The Hall–Kier alpha value is -1.57. The predicted molar refractivity (Wildman–Crippen MR) is 105 cm³/mol. The zero-order valence-electron chi connectivity index (χ0n) is 17.5. The highest BCUT2D eigenvalue weighted by molar-refractivity contribution is 8.00. The van der Waals surface area contributed by atoms with E-state index < -0.39 is 17.2 Å². The van der Waals surface area contributed by atoms with Crippen LogP contribution in [0.15, 0.2) is 11.5 Å². The van der Waals surface area contributed by atoms with Crippen molar-refractivity contribution in [3.05, 3.63) is 6.33 Å². The average molecular weight is 400 g/mol. The number of aromatic nitrogens is 3. The maximum atomic E-state index is 12.6. The molecule has 0 radical (unpaired) electrons. The van der Waals surface area contributed by atoms with Crippen LogP contribution in [-0.2, 0) is 24.6 Å². The van der Waals surface area contributed by atoms with Crippen LogP contribution in [0.2, 0.25) is 0 Å². The first kappa shape index (κ1) is 23.5. The molecule has 0 saturated heterocycles. The van der Waals surface area contributed by atoms with Gasteiger partial charge in [-0.3, -0.25) is 9.59 Å². The van der Waals surface area contributed by atoms with Crippen molar-refractivity contribution in [2.45, 2.75) is 77.3 Å². The van der Waals surface area contributed by atoms with Crippen molar-refractivity contribution in [3.8, 4) is 0 Å². The Morgan fingerprint density at radius 3 is 2.30 bits per heavy atom. The molecule has 7 nitrogen and oxygen atoms in total. The van der Waals surface area contributed by atoms with Gasteiger partial charge < -0.3 is 9.47 Å². The summed E-state index contributed by atoms with van der Waals surface area (Å²) in [5.41, 5.74) is -0.247. The normalized spacial score (nSPS) is 13.1. The summed E-state index contributed by atoms with van der Waals surface area (Å²) in [5, 5.41) is 4.17. The Morgan fingerprint density at radius 2 is 1.74 bits per heavy atom. The molecule has 0 fully saturated rings. The van der Waals surface area contributed by atoms with E-state index in [1.165, 1.54) is 18.1 Å². The van der Waals surface area contributed by atoms with E-state index in [0.29, 0.717) is 18.4 Å². The summed E-state index contributed by atoms with van der Waals surface area (Å²) < 4.78 is 12.4. The summed E-state index contributed by atoms with van der Waals surface area (Å²) in [5.74, 6) is -0.390. The van der Waals surface area contributed by atoms with Crippen LogP contribution in [0.1, 0.15) is 61.3 Å². The minimum Gasteiger partial charge on any atom is -0.465 e. The molecule has 0 spiro atoms. The lowest BCUT2D eigenvalue weighted by atomic mass is 10.0. The van der Waals surface area contributed by atoms with Gasteiger partial charge in [-0.1, -0.05) is 46.4 Å². The van der Waals surface area contributed by atoms with Gasteiger partial charge in [0.15, 0.2) is 5.16 Å². The van der Waals surface area contributed by atoms with Gasteiger partial charge in [-0.25, -0.2) is 9.67 Å². The van der Waals surface area contributed by atoms with E-state index in [2.05, 4.69) is 30.9 Å². The Balaban J connectivity index is 2.93. The van der Waals surface area contributed by atoms with E-state index in [-0.39, 0.29) is 23.8 Å². The number of carbonyl (C=O) groups is 2. The number of hydrogen-bond donors (Lipinski definition) is 0. The summed E-state index contributed by atoms with van der Waals surface area (Å²) in [7, 11) is 0. The highest BCUT2D eigenvalue weighted by Gasteiger charge is 2.30. The molecule has 0 saturated carbocycles. The third-order valence-electron chi connectivity index (χ3n) is 3.95. The van der Waals surface area contributed by atoms with Crippen LogP contribution >= 0.6 is 11.8 Å². The number of carbonyl (C=O) groups excluding carboxylic acids is 2. The lowest BCUT2D eigenvalue weighted by molar-refractivity contribution is -0.150. The van der Waals surface area contributed by atoms with E-state index in [0.717, 1.165) is 6.42 Å². The van der Waals surface area contributed by atoms with Crippen LogP contribution in [0.25, 0.3) is 0 Å². The SMILES string of the molecule is CCC(C)(C)n1ncnc1SC(CC(=O)OCC(C)C)C(=O)OCC(C)C. The van der Waals surface area contributed by atoms with E-state index in [1.807, 2.05) is 27.7 Å². The average Bonchev–Trinajstić information content (AvgIpc) is 3.06. The minimum absolute atomic E-state index is 0.0618. The van der Waals surface area contributed by atoms with Crippen molar-refractivity contribution in [1.29, 1.82) is 0 Å². The van der Waals surface area contributed by atoms with Crippen molar-refractivity contribution in [2.75, 3.05) is 13.2 Å². The summed E-state index contributed by atoms with van der Waals surface area (Å²) >= 11 is 1.20. The second kappa shape index (κ2) is 10.7. The molecule has 0 aromatic carbocycles. The van der Waals surface area contributed by atoms with Crippen LogP contribution in [0.3, 0.4) is 0 Å². The molecule has 1 atom stereocenters. The fraction of sp³-hybridized carbons (Fsp3) is 0.789. The van der Waals surface area contributed by atoms with Gasteiger partial charge in [0.1, 0.15) is 11.6 Å². The third kappa shape index (κ3) is 7.91. The molecule has 0 bridgehead atoms. The van der Waals surface area contributed by atoms with Crippen molar-refractivity contribution < 1.29 is 19.1 Å². The largest absolute Gasteiger partial charge is 0.465 e. The van der Waals surface area contributed by atoms with Crippen molar-refractivity contribution in [1.82, 2.24) is 14.8 Å². The van der Waals surface area contributed by atoms with E-state index in [9.17, 15) is 9.59 Å². The molecule has 1 rings (SSSR count). The number of esters is 2. The molecule has 1 aromatic heterocycles. The highest BCUT2D eigenvalue weighted by Crippen LogP contribution is 2.30. The first-order valence-electron chi connectivity index (χ1n) is 9.46. The van der Waals surface area contributed by atoms with Gasteiger partial charge in [-0.15, -0.1) is 0 Å². The molecule has 0 N–H and O–H groups in total. The van der Waals surface area contributed by atoms with Crippen LogP contribution in [0.4, 0.5) is 0 Å². The van der Waals surface area contributed by atoms with Crippen molar-refractivity contribution in [3.63, 3.8) is 0 Å². The first-order chi connectivity index (χ1) is 12.6. The first-order valence-corrected chi connectivity index (χ1v) is 10.3. The molecule has 1 aromatic rings. The van der Waals surface area contributed by atoms with Gasteiger partial charge in [-0.05, 0) is 32.1 Å². The van der Waals surface area contributed by atoms with E-state index in [4.69, 9.17) is 9.47 Å². The molecule has 8 heteroatoms. The molecule has 0 aliphatic carbocycles. The van der Waals surface area contributed by atoms with Gasteiger partial charge in [0, 0.05) is 0 Å². The van der Waals surface area contributed by atoms with Crippen molar-refractivity contribution >= 4 is 23.7 Å².